The first-order valence-corrected chi connectivity index (χ1v) is 5.36. The molecule has 0 radical (unpaired) electrons. The van der Waals surface area contributed by atoms with Crippen molar-refractivity contribution in [2.24, 2.45) is 5.84 Å². The molecule has 0 unspecified atom stereocenters. The van der Waals surface area contributed by atoms with E-state index in [1.54, 1.807) is 0 Å². The standard InChI is InChI=1S/C9H22N4O/c10-11-2-1-3-12-4-6-13(7-5-12)8-9-14/h11,14H,1-10H2. The summed E-state index contributed by atoms with van der Waals surface area (Å²) in [7, 11) is 0. The zero-order chi connectivity index (χ0) is 10.2. The second-order valence-electron chi connectivity index (χ2n) is 3.71. The minimum Gasteiger partial charge on any atom is -0.395 e. The van der Waals surface area contributed by atoms with Gasteiger partial charge in [-0.25, -0.2) is 0 Å². The Morgan fingerprint density at radius 3 is 2.14 bits per heavy atom. The lowest BCUT2D eigenvalue weighted by atomic mass is 10.3. The largest absolute Gasteiger partial charge is 0.395 e. The number of nitrogens with zero attached hydrogens (tertiary/aromatic N) is 2. The van der Waals surface area contributed by atoms with Gasteiger partial charge >= 0.3 is 0 Å². The SMILES string of the molecule is NNCCCN1CCN(CCO)CC1. The van der Waals surface area contributed by atoms with E-state index in [4.69, 9.17) is 10.9 Å². The molecule has 0 amide bonds. The van der Waals surface area contributed by atoms with Gasteiger partial charge in [0.2, 0.25) is 0 Å². The van der Waals surface area contributed by atoms with Crippen LogP contribution >= 0.6 is 0 Å². The van der Waals surface area contributed by atoms with E-state index in [0.29, 0.717) is 0 Å². The average molecular weight is 202 g/mol. The summed E-state index contributed by atoms with van der Waals surface area (Å²) >= 11 is 0. The van der Waals surface area contributed by atoms with Crippen molar-refractivity contribution in [2.75, 3.05) is 52.4 Å². The maximum absolute atomic E-state index is 8.78. The van der Waals surface area contributed by atoms with Crippen LogP contribution in [0.1, 0.15) is 6.42 Å². The van der Waals surface area contributed by atoms with Crippen LogP contribution in [-0.4, -0.2) is 67.3 Å². The van der Waals surface area contributed by atoms with Gasteiger partial charge in [-0.3, -0.25) is 16.2 Å². The van der Waals surface area contributed by atoms with Gasteiger partial charge in [-0.05, 0) is 13.0 Å². The Kier molecular flexibility index (Phi) is 6.05. The van der Waals surface area contributed by atoms with Crippen LogP contribution in [0.25, 0.3) is 0 Å². The van der Waals surface area contributed by atoms with Crippen LogP contribution in [0.3, 0.4) is 0 Å². The molecule has 0 atom stereocenters. The number of nitrogens with two attached hydrogens (primary N) is 1. The number of hydrogen-bond donors (Lipinski definition) is 3. The summed E-state index contributed by atoms with van der Waals surface area (Å²) in [5.41, 5.74) is 2.67. The lowest BCUT2D eigenvalue weighted by Gasteiger charge is -2.34. The molecule has 0 aromatic carbocycles. The second-order valence-corrected chi connectivity index (χ2v) is 3.71. The smallest absolute Gasteiger partial charge is 0.0558 e. The second kappa shape index (κ2) is 7.14. The number of piperazine rings is 1. The van der Waals surface area contributed by atoms with E-state index in [2.05, 4.69) is 15.2 Å². The molecule has 5 heteroatoms. The van der Waals surface area contributed by atoms with E-state index in [1.807, 2.05) is 0 Å². The quantitative estimate of drug-likeness (QED) is 0.276. The van der Waals surface area contributed by atoms with Crippen molar-refractivity contribution < 1.29 is 5.11 Å². The van der Waals surface area contributed by atoms with Crippen LogP contribution in [-0.2, 0) is 0 Å². The van der Waals surface area contributed by atoms with E-state index in [1.165, 1.54) is 0 Å². The highest BCUT2D eigenvalue weighted by molar-refractivity contribution is 4.71. The Morgan fingerprint density at radius 1 is 1.07 bits per heavy atom. The summed E-state index contributed by atoms with van der Waals surface area (Å²) in [6, 6.07) is 0. The van der Waals surface area contributed by atoms with Crippen molar-refractivity contribution in [1.29, 1.82) is 0 Å². The molecule has 0 spiro atoms. The zero-order valence-corrected chi connectivity index (χ0v) is 8.78. The van der Waals surface area contributed by atoms with Gasteiger partial charge in [0.15, 0.2) is 0 Å². The Bertz CT molecular complexity index is 137. The normalized spacial score (nSPS) is 20.1. The van der Waals surface area contributed by atoms with E-state index in [0.717, 1.165) is 52.2 Å². The van der Waals surface area contributed by atoms with Crippen molar-refractivity contribution in [3.8, 4) is 0 Å². The van der Waals surface area contributed by atoms with Gasteiger partial charge in [-0.15, -0.1) is 0 Å². The molecule has 1 heterocycles. The summed E-state index contributed by atoms with van der Waals surface area (Å²) in [6.07, 6.45) is 1.11. The third kappa shape index (κ3) is 4.34. The molecule has 14 heavy (non-hydrogen) atoms. The van der Waals surface area contributed by atoms with Gasteiger partial charge in [0.25, 0.3) is 0 Å². The van der Waals surface area contributed by atoms with Gasteiger partial charge in [-0.1, -0.05) is 0 Å². The predicted molar refractivity (Wildman–Crippen MR) is 56.8 cm³/mol. The molecular weight excluding hydrogens is 180 g/mol. The van der Waals surface area contributed by atoms with Crippen molar-refractivity contribution in [2.45, 2.75) is 6.42 Å². The maximum atomic E-state index is 8.78. The highest BCUT2D eigenvalue weighted by Crippen LogP contribution is 2.01. The number of hydrogen-bond acceptors (Lipinski definition) is 5. The van der Waals surface area contributed by atoms with Crippen molar-refractivity contribution in [1.82, 2.24) is 15.2 Å². The van der Waals surface area contributed by atoms with E-state index in [-0.39, 0.29) is 6.61 Å². The van der Waals surface area contributed by atoms with Gasteiger partial charge in [0, 0.05) is 39.3 Å². The summed E-state index contributed by atoms with van der Waals surface area (Å²) < 4.78 is 0. The van der Waals surface area contributed by atoms with Crippen LogP contribution in [0.5, 0.6) is 0 Å². The van der Waals surface area contributed by atoms with Crippen molar-refractivity contribution >= 4 is 0 Å². The Morgan fingerprint density at radius 2 is 1.64 bits per heavy atom. The summed E-state index contributed by atoms with van der Waals surface area (Å²) in [5, 5.41) is 8.78. The van der Waals surface area contributed by atoms with Crippen LogP contribution in [0.15, 0.2) is 0 Å². The number of aliphatic hydroxyl groups is 1. The number of β-amino-alcohol motifs (C(OH)–C–C–N with tert-alkyl or cyclic N) is 1. The molecule has 5 nitrogen and oxygen atoms in total. The highest BCUT2D eigenvalue weighted by Gasteiger charge is 2.15. The summed E-state index contributed by atoms with van der Waals surface area (Å²) in [5.74, 6) is 5.20. The minimum atomic E-state index is 0.275. The molecule has 84 valence electrons. The van der Waals surface area contributed by atoms with Crippen molar-refractivity contribution in [3.05, 3.63) is 0 Å². The van der Waals surface area contributed by atoms with Crippen LogP contribution < -0.4 is 11.3 Å². The first-order chi connectivity index (χ1) is 6.86. The number of aliphatic hydroxyl groups excluding tert-OH is 1. The number of hydrazine groups is 1. The van der Waals surface area contributed by atoms with Crippen LogP contribution in [0, 0.1) is 0 Å². The molecule has 0 aromatic heterocycles. The van der Waals surface area contributed by atoms with Crippen LogP contribution in [0.2, 0.25) is 0 Å². The molecular formula is C9H22N4O. The van der Waals surface area contributed by atoms with E-state index in [9.17, 15) is 0 Å². The van der Waals surface area contributed by atoms with E-state index < -0.39 is 0 Å². The zero-order valence-electron chi connectivity index (χ0n) is 8.78. The Hall–Kier alpha value is -0.200. The first-order valence-electron chi connectivity index (χ1n) is 5.36. The highest BCUT2D eigenvalue weighted by atomic mass is 16.3. The molecule has 0 bridgehead atoms. The fourth-order valence-corrected chi connectivity index (χ4v) is 1.78. The molecule has 1 saturated heterocycles. The molecule has 1 rings (SSSR count). The molecule has 0 aromatic rings. The fraction of sp³-hybridized carbons (Fsp3) is 1.00. The van der Waals surface area contributed by atoms with Gasteiger partial charge in [-0.2, -0.15) is 0 Å². The minimum absolute atomic E-state index is 0.275. The third-order valence-corrected chi connectivity index (χ3v) is 2.68. The van der Waals surface area contributed by atoms with Gasteiger partial charge in [0.05, 0.1) is 6.61 Å². The molecule has 0 saturated carbocycles. The number of nitrogens with one attached hydrogen (secondary N) is 1. The molecule has 1 fully saturated rings. The lowest BCUT2D eigenvalue weighted by Crippen LogP contribution is -2.47. The lowest BCUT2D eigenvalue weighted by molar-refractivity contribution is 0.112. The van der Waals surface area contributed by atoms with Crippen LogP contribution in [0.4, 0.5) is 0 Å². The summed E-state index contributed by atoms with van der Waals surface area (Å²) in [4.78, 5) is 4.75. The Labute approximate surface area is 85.8 Å². The maximum Gasteiger partial charge on any atom is 0.0558 e. The predicted octanol–water partition coefficient (Wildman–Crippen LogP) is -1.55. The average Bonchev–Trinajstić information content (AvgIpc) is 2.21. The van der Waals surface area contributed by atoms with Gasteiger partial charge < -0.3 is 10.0 Å². The molecule has 1 aliphatic rings. The van der Waals surface area contributed by atoms with Crippen molar-refractivity contribution in [3.63, 3.8) is 0 Å². The van der Waals surface area contributed by atoms with Gasteiger partial charge in [0.1, 0.15) is 0 Å². The fourth-order valence-electron chi connectivity index (χ4n) is 1.78. The topological polar surface area (TPSA) is 64.8 Å². The monoisotopic (exact) mass is 202 g/mol. The molecule has 0 aliphatic carbocycles. The first kappa shape index (κ1) is 11.9. The van der Waals surface area contributed by atoms with E-state index >= 15 is 0 Å². The third-order valence-electron chi connectivity index (χ3n) is 2.68. The number of rotatable bonds is 6. The summed E-state index contributed by atoms with van der Waals surface area (Å²) in [6.45, 7) is 7.49. The molecule has 1 aliphatic heterocycles. The Balaban J connectivity index is 2.03. The molecule has 4 N–H and O–H groups in total.